The van der Waals surface area contributed by atoms with Crippen molar-refractivity contribution in [3.8, 4) is 0 Å². The average Bonchev–Trinajstić information content (AvgIpc) is 2.81. The van der Waals surface area contributed by atoms with Crippen LogP contribution in [0.1, 0.15) is 28.4 Å². The molecule has 3 nitrogen and oxygen atoms in total. The van der Waals surface area contributed by atoms with Crippen molar-refractivity contribution in [3.63, 3.8) is 0 Å². The summed E-state index contributed by atoms with van der Waals surface area (Å²) in [6.07, 6.45) is 0.574. The predicted molar refractivity (Wildman–Crippen MR) is 63.8 cm³/mol. The molecule has 1 aliphatic rings. The van der Waals surface area contributed by atoms with Gasteiger partial charge in [0, 0.05) is 0 Å². The summed E-state index contributed by atoms with van der Waals surface area (Å²) in [6, 6.07) is 6.50. The summed E-state index contributed by atoms with van der Waals surface area (Å²) in [5, 5.41) is 18.8. The van der Waals surface area contributed by atoms with Crippen LogP contribution in [0.25, 0.3) is 0 Å². The Balaban J connectivity index is 2.11. The molecule has 0 aromatic heterocycles. The highest BCUT2D eigenvalue weighted by Gasteiger charge is 2.24. The number of benzene rings is 1. The number of aromatic carboxylic acids is 1. The molecule has 0 spiro atoms. The van der Waals surface area contributed by atoms with Gasteiger partial charge in [-0.25, -0.2) is 4.79 Å². The van der Waals surface area contributed by atoms with Gasteiger partial charge in [0.2, 0.25) is 0 Å². The van der Waals surface area contributed by atoms with Crippen molar-refractivity contribution in [2.24, 2.45) is 5.92 Å². The lowest BCUT2D eigenvalue weighted by Gasteiger charge is -2.17. The predicted octanol–water partition coefficient (Wildman–Crippen LogP) is 2.17. The van der Waals surface area contributed by atoms with Crippen LogP contribution in [-0.4, -0.2) is 27.7 Å². The first-order valence-corrected chi connectivity index (χ1v) is 6.43. The minimum absolute atomic E-state index is 0.261. The molecule has 1 aliphatic heterocycles. The highest BCUT2D eigenvalue weighted by molar-refractivity contribution is 7.99. The van der Waals surface area contributed by atoms with Crippen LogP contribution in [0.4, 0.5) is 0 Å². The summed E-state index contributed by atoms with van der Waals surface area (Å²) in [5.41, 5.74) is 1.08. The van der Waals surface area contributed by atoms with Gasteiger partial charge in [0.15, 0.2) is 0 Å². The Hall–Kier alpha value is -1.00. The largest absolute Gasteiger partial charge is 0.478 e. The third kappa shape index (κ3) is 2.39. The van der Waals surface area contributed by atoms with E-state index in [1.54, 1.807) is 24.3 Å². The Morgan fingerprint density at radius 1 is 1.38 bits per heavy atom. The van der Waals surface area contributed by atoms with Gasteiger partial charge in [-0.3, -0.25) is 0 Å². The minimum atomic E-state index is -0.933. The molecule has 0 bridgehead atoms. The lowest BCUT2D eigenvalue weighted by atomic mass is 9.95. The number of carboxylic acid groups (broad SMARTS) is 1. The summed E-state index contributed by atoms with van der Waals surface area (Å²) in [6.45, 7) is 0. The van der Waals surface area contributed by atoms with Crippen LogP contribution in [0.5, 0.6) is 0 Å². The summed E-state index contributed by atoms with van der Waals surface area (Å²) in [5.74, 6) is 1.47. The van der Waals surface area contributed by atoms with Crippen LogP contribution < -0.4 is 0 Å². The summed E-state index contributed by atoms with van der Waals surface area (Å²) in [7, 11) is 0. The molecule has 4 heteroatoms. The molecule has 2 unspecified atom stereocenters. The van der Waals surface area contributed by atoms with Crippen LogP contribution >= 0.6 is 11.8 Å². The fourth-order valence-electron chi connectivity index (χ4n) is 1.90. The van der Waals surface area contributed by atoms with Gasteiger partial charge < -0.3 is 10.2 Å². The van der Waals surface area contributed by atoms with E-state index in [4.69, 9.17) is 5.11 Å². The van der Waals surface area contributed by atoms with E-state index in [0.717, 1.165) is 23.5 Å². The van der Waals surface area contributed by atoms with Gasteiger partial charge in [-0.05, 0) is 41.5 Å². The van der Waals surface area contributed by atoms with Crippen molar-refractivity contribution in [3.05, 3.63) is 35.4 Å². The van der Waals surface area contributed by atoms with Crippen LogP contribution in [0.3, 0.4) is 0 Å². The van der Waals surface area contributed by atoms with Gasteiger partial charge in [0.1, 0.15) is 0 Å². The lowest BCUT2D eigenvalue weighted by molar-refractivity contribution is 0.0696. The third-order valence-electron chi connectivity index (χ3n) is 2.91. The lowest BCUT2D eigenvalue weighted by Crippen LogP contribution is -2.11. The zero-order chi connectivity index (χ0) is 11.5. The van der Waals surface area contributed by atoms with E-state index in [1.165, 1.54) is 0 Å². The average molecular weight is 238 g/mol. The highest BCUT2D eigenvalue weighted by atomic mass is 32.2. The molecule has 1 fully saturated rings. The van der Waals surface area contributed by atoms with Crippen LogP contribution in [0, 0.1) is 5.92 Å². The molecule has 0 radical (unpaired) electrons. The molecule has 1 aromatic rings. The molecule has 0 aliphatic carbocycles. The van der Waals surface area contributed by atoms with Crippen molar-refractivity contribution < 1.29 is 15.0 Å². The fourth-order valence-corrected chi connectivity index (χ4v) is 3.18. The van der Waals surface area contributed by atoms with Gasteiger partial charge in [0.25, 0.3) is 0 Å². The topological polar surface area (TPSA) is 57.5 Å². The second-order valence-electron chi connectivity index (χ2n) is 4.00. The van der Waals surface area contributed by atoms with Crippen molar-refractivity contribution >= 4 is 17.7 Å². The molecule has 2 rings (SSSR count). The monoisotopic (exact) mass is 238 g/mol. The molecule has 86 valence electrons. The first-order chi connectivity index (χ1) is 7.68. The number of rotatable bonds is 3. The van der Waals surface area contributed by atoms with Crippen molar-refractivity contribution in [1.29, 1.82) is 0 Å². The molecule has 1 aromatic carbocycles. The second-order valence-corrected chi connectivity index (χ2v) is 5.15. The molecule has 0 amide bonds. The van der Waals surface area contributed by atoms with E-state index in [1.807, 2.05) is 11.8 Å². The summed E-state index contributed by atoms with van der Waals surface area (Å²) >= 11 is 1.86. The minimum Gasteiger partial charge on any atom is -0.478 e. The Kier molecular flexibility index (Phi) is 3.51. The standard InChI is InChI=1S/C12H14O3S/c13-11(10-5-6-16-7-10)8-1-3-9(4-2-8)12(14)15/h1-4,10-11,13H,5-7H2,(H,14,15). The SMILES string of the molecule is O=C(O)c1ccc(C(O)C2CCSC2)cc1. The normalized spacial score (nSPS) is 21.9. The summed E-state index contributed by atoms with van der Waals surface area (Å²) < 4.78 is 0. The zero-order valence-electron chi connectivity index (χ0n) is 8.80. The maximum absolute atomic E-state index is 10.7. The highest BCUT2D eigenvalue weighted by Crippen LogP contribution is 2.33. The molecule has 0 saturated carbocycles. The van der Waals surface area contributed by atoms with E-state index in [-0.39, 0.29) is 5.56 Å². The van der Waals surface area contributed by atoms with Gasteiger partial charge in [-0.1, -0.05) is 12.1 Å². The number of carboxylic acids is 1. The van der Waals surface area contributed by atoms with Crippen LogP contribution in [0.2, 0.25) is 0 Å². The molecule has 1 saturated heterocycles. The van der Waals surface area contributed by atoms with Crippen LogP contribution in [-0.2, 0) is 0 Å². The van der Waals surface area contributed by atoms with Gasteiger partial charge in [-0.15, -0.1) is 0 Å². The number of hydrogen-bond acceptors (Lipinski definition) is 3. The van der Waals surface area contributed by atoms with Crippen molar-refractivity contribution in [2.75, 3.05) is 11.5 Å². The maximum Gasteiger partial charge on any atom is 0.335 e. The van der Waals surface area contributed by atoms with Crippen molar-refractivity contribution in [1.82, 2.24) is 0 Å². The third-order valence-corrected chi connectivity index (χ3v) is 4.10. The number of carbonyl (C=O) groups is 1. The number of aliphatic hydroxyl groups excluding tert-OH is 1. The molecule has 16 heavy (non-hydrogen) atoms. The molecule has 2 atom stereocenters. The Bertz CT molecular complexity index is 368. The number of aliphatic hydroxyl groups is 1. The molecular formula is C12H14O3S. The zero-order valence-corrected chi connectivity index (χ0v) is 9.61. The first-order valence-electron chi connectivity index (χ1n) is 5.27. The smallest absolute Gasteiger partial charge is 0.335 e. The maximum atomic E-state index is 10.7. The Morgan fingerprint density at radius 2 is 2.06 bits per heavy atom. The molecular weight excluding hydrogens is 224 g/mol. The Labute approximate surface area is 98.5 Å². The van der Waals surface area contributed by atoms with E-state index >= 15 is 0 Å². The second kappa shape index (κ2) is 4.89. The Morgan fingerprint density at radius 3 is 2.56 bits per heavy atom. The van der Waals surface area contributed by atoms with Gasteiger partial charge in [-0.2, -0.15) is 11.8 Å². The van der Waals surface area contributed by atoms with Crippen molar-refractivity contribution in [2.45, 2.75) is 12.5 Å². The first kappa shape index (κ1) is 11.5. The van der Waals surface area contributed by atoms with E-state index < -0.39 is 12.1 Å². The quantitative estimate of drug-likeness (QED) is 0.847. The van der Waals surface area contributed by atoms with E-state index in [9.17, 15) is 9.90 Å². The van der Waals surface area contributed by atoms with Gasteiger partial charge in [0.05, 0.1) is 11.7 Å². The number of thioether (sulfide) groups is 1. The van der Waals surface area contributed by atoms with Gasteiger partial charge >= 0.3 is 5.97 Å². The summed E-state index contributed by atoms with van der Waals surface area (Å²) in [4.78, 5) is 10.7. The van der Waals surface area contributed by atoms with E-state index in [0.29, 0.717) is 5.92 Å². The fraction of sp³-hybridized carbons (Fsp3) is 0.417. The molecule has 1 heterocycles. The number of hydrogen-bond donors (Lipinski definition) is 2. The van der Waals surface area contributed by atoms with Crippen LogP contribution in [0.15, 0.2) is 24.3 Å². The van der Waals surface area contributed by atoms with E-state index in [2.05, 4.69) is 0 Å². The molecule has 2 N–H and O–H groups in total.